The molecule has 6 nitrogen and oxygen atoms in total. The highest BCUT2D eigenvalue weighted by molar-refractivity contribution is 6.07. The smallest absolute Gasteiger partial charge is 0.416 e. The maximum atomic E-state index is 14.1. The molecule has 0 unspecified atom stereocenters. The van der Waals surface area contributed by atoms with E-state index in [4.69, 9.17) is 5.10 Å². The van der Waals surface area contributed by atoms with Crippen molar-refractivity contribution in [2.75, 3.05) is 0 Å². The van der Waals surface area contributed by atoms with Gasteiger partial charge in [0.2, 0.25) is 0 Å². The quantitative estimate of drug-likeness (QED) is 0.172. The van der Waals surface area contributed by atoms with Gasteiger partial charge in [0.05, 0.1) is 44.8 Å². The number of hydrogen-bond acceptors (Lipinski definition) is 3. The SMILES string of the molecule is CCc1cccc(CC)c1-n1nc2c(c1-c1ccc(C(=O)O)c3[nH]ccc13)CN(Cc1ccc(C(F)(F)F)cc1C(F)(F)F)C2(C)C. The Morgan fingerprint density at radius 1 is 0.936 bits per heavy atom. The van der Waals surface area contributed by atoms with Crippen LogP contribution in [0.15, 0.2) is 60.8 Å². The van der Waals surface area contributed by atoms with Crippen LogP contribution in [0, 0.1) is 0 Å². The van der Waals surface area contributed by atoms with Crippen LogP contribution < -0.4 is 0 Å². The number of carbonyl (C=O) groups is 1. The van der Waals surface area contributed by atoms with Gasteiger partial charge < -0.3 is 10.1 Å². The highest BCUT2D eigenvalue weighted by atomic mass is 19.4. The predicted octanol–water partition coefficient (Wildman–Crippen LogP) is 9.13. The molecule has 47 heavy (non-hydrogen) atoms. The first-order valence-electron chi connectivity index (χ1n) is 15.2. The molecule has 1 aliphatic heterocycles. The Labute approximate surface area is 266 Å². The fourth-order valence-corrected chi connectivity index (χ4v) is 6.71. The van der Waals surface area contributed by atoms with Gasteiger partial charge in [0.15, 0.2) is 0 Å². The first kappa shape index (κ1) is 32.4. The summed E-state index contributed by atoms with van der Waals surface area (Å²) in [7, 11) is 0. The zero-order valence-corrected chi connectivity index (χ0v) is 26.1. The van der Waals surface area contributed by atoms with Crippen molar-refractivity contribution >= 4 is 16.9 Å². The zero-order chi connectivity index (χ0) is 34.1. The topological polar surface area (TPSA) is 74.1 Å². The van der Waals surface area contributed by atoms with Gasteiger partial charge in [-0.3, -0.25) is 4.90 Å². The van der Waals surface area contributed by atoms with Gasteiger partial charge in [0, 0.05) is 35.8 Å². The molecule has 0 aliphatic carbocycles. The molecule has 2 N–H and O–H groups in total. The van der Waals surface area contributed by atoms with Crippen molar-refractivity contribution in [3.05, 3.63) is 105 Å². The fourth-order valence-electron chi connectivity index (χ4n) is 6.71. The molecule has 0 amide bonds. The highest BCUT2D eigenvalue weighted by Gasteiger charge is 2.45. The lowest BCUT2D eigenvalue weighted by Crippen LogP contribution is -2.36. The number of H-pyrrole nitrogens is 1. The number of halogens is 6. The molecule has 246 valence electrons. The third-order valence-electron chi connectivity index (χ3n) is 9.19. The number of aromatic amines is 1. The summed E-state index contributed by atoms with van der Waals surface area (Å²) in [6, 6.07) is 12.8. The van der Waals surface area contributed by atoms with E-state index < -0.39 is 35.0 Å². The molecule has 5 aromatic rings. The van der Waals surface area contributed by atoms with E-state index in [0.717, 1.165) is 28.4 Å². The largest absolute Gasteiger partial charge is 0.478 e. The minimum absolute atomic E-state index is 0.0867. The van der Waals surface area contributed by atoms with Gasteiger partial charge >= 0.3 is 18.3 Å². The van der Waals surface area contributed by atoms with Crippen LogP contribution in [0.1, 0.15) is 77.1 Å². The highest BCUT2D eigenvalue weighted by Crippen LogP contribution is 2.47. The normalized spacial score (nSPS) is 15.0. The van der Waals surface area contributed by atoms with Crippen LogP contribution >= 0.6 is 0 Å². The van der Waals surface area contributed by atoms with Crippen molar-refractivity contribution in [2.45, 2.75) is 71.5 Å². The second-order valence-corrected chi connectivity index (χ2v) is 12.2. The molecule has 2 aromatic heterocycles. The number of alkyl halides is 6. The Morgan fingerprint density at radius 3 is 2.21 bits per heavy atom. The summed E-state index contributed by atoms with van der Waals surface area (Å²) in [6.45, 7) is 7.62. The van der Waals surface area contributed by atoms with Crippen LogP contribution in [0.2, 0.25) is 0 Å². The summed E-state index contributed by atoms with van der Waals surface area (Å²) in [6.07, 6.45) is -6.87. The van der Waals surface area contributed by atoms with Crippen LogP contribution in [0.4, 0.5) is 26.3 Å². The van der Waals surface area contributed by atoms with E-state index in [9.17, 15) is 36.2 Å². The number of nitrogens with zero attached hydrogens (tertiary/aromatic N) is 3. The van der Waals surface area contributed by atoms with Gasteiger partial charge in [-0.15, -0.1) is 0 Å². The zero-order valence-electron chi connectivity index (χ0n) is 26.1. The number of para-hydroxylation sites is 1. The summed E-state index contributed by atoms with van der Waals surface area (Å²) >= 11 is 0. The Hall–Kier alpha value is -4.58. The van der Waals surface area contributed by atoms with Gasteiger partial charge in [-0.05, 0) is 67.6 Å². The van der Waals surface area contributed by atoms with E-state index in [1.807, 2.05) is 50.6 Å². The van der Waals surface area contributed by atoms with E-state index in [2.05, 4.69) is 4.98 Å². The Kier molecular flexibility index (Phi) is 7.77. The number of aryl methyl sites for hydroxylation is 2. The third-order valence-corrected chi connectivity index (χ3v) is 9.19. The molecule has 12 heteroatoms. The second-order valence-electron chi connectivity index (χ2n) is 12.2. The Morgan fingerprint density at radius 2 is 1.62 bits per heavy atom. The van der Waals surface area contributed by atoms with Crippen LogP contribution in [0.25, 0.3) is 27.8 Å². The van der Waals surface area contributed by atoms with Crippen molar-refractivity contribution in [1.29, 1.82) is 0 Å². The van der Waals surface area contributed by atoms with E-state index in [0.29, 0.717) is 46.8 Å². The fraction of sp³-hybridized carbons (Fsp3) is 0.314. The van der Waals surface area contributed by atoms with Gasteiger partial charge in [0.1, 0.15) is 0 Å². The number of benzene rings is 3. The summed E-state index contributed by atoms with van der Waals surface area (Å²) in [5.41, 5.74) is 2.30. The standard InChI is InChI=1S/C35H32F6N4O2/c1-5-19-8-7-9-20(6-2)29(19)45-30(24-12-13-25(32(46)47)28-23(24)14-15-42-28)26-18-44(33(3,4)31(26)43-45)17-21-10-11-22(34(36,37)38)16-27(21)35(39,40)41/h7-16,42H,5-6,17-18H2,1-4H3,(H,46,47). The summed E-state index contributed by atoms with van der Waals surface area (Å²) in [5, 5.41) is 15.6. The number of aromatic carboxylic acids is 1. The monoisotopic (exact) mass is 654 g/mol. The lowest BCUT2D eigenvalue weighted by molar-refractivity contribution is -0.143. The molecule has 1 aliphatic rings. The molecule has 0 bridgehead atoms. The van der Waals surface area contributed by atoms with E-state index in [1.54, 1.807) is 23.2 Å². The molecule has 3 heterocycles. The minimum Gasteiger partial charge on any atom is -0.478 e. The van der Waals surface area contributed by atoms with Gasteiger partial charge in [0.25, 0.3) is 0 Å². The van der Waals surface area contributed by atoms with Crippen LogP contribution in [-0.4, -0.2) is 30.7 Å². The maximum Gasteiger partial charge on any atom is 0.416 e. The van der Waals surface area contributed by atoms with Crippen LogP contribution in [-0.2, 0) is 43.8 Å². The molecular formula is C35H32F6N4O2. The molecule has 0 spiro atoms. The van der Waals surface area contributed by atoms with Crippen molar-refractivity contribution in [2.24, 2.45) is 0 Å². The van der Waals surface area contributed by atoms with Gasteiger partial charge in [-0.25, -0.2) is 9.48 Å². The van der Waals surface area contributed by atoms with Gasteiger partial charge in [-0.2, -0.15) is 31.4 Å². The summed E-state index contributed by atoms with van der Waals surface area (Å²) in [5.74, 6) is -1.10. The average Bonchev–Trinajstić information content (AvgIpc) is 3.70. The van der Waals surface area contributed by atoms with Crippen molar-refractivity contribution in [1.82, 2.24) is 19.7 Å². The maximum absolute atomic E-state index is 14.1. The van der Waals surface area contributed by atoms with Crippen LogP contribution in [0.5, 0.6) is 0 Å². The molecule has 0 radical (unpaired) electrons. The van der Waals surface area contributed by atoms with E-state index in [1.165, 1.54) is 6.07 Å². The Balaban J connectivity index is 1.56. The number of aromatic nitrogens is 3. The number of hydrogen-bond donors (Lipinski definition) is 2. The molecular weight excluding hydrogens is 622 g/mol. The molecule has 3 aromatic carbocycles. The third kappa shape index (κ3) is 5.38. The first-order valence-corrected chi connectivity index (χ1v) is 15.2. The van der Waals surface area contributed by atoms with E-state index >= 15 is 0 Å². The second kappa shape index (κ2) is 11.3. The average molecular weight is 655 g/mol. The number of carboxylic acids is 1. The van der Waals surface area contributed by atoms with E-state index in [-0.39, 0.29) is 30.3 Å². The summed E-state index contributed by atoms with van der Waals surface area (Å²) < 4.78 is 84.4. The van der Waals surface area contributed by atoms with Gasteiger partial charge in [-0.1, -0.05) is 44.2 Å². The number of fused-ring (bicyclic) bond motifs is 2. The lowest BCUT2D eigenvalue weighted by Gasteiger charge is -2.33. The molecule has 0 fully saturated rings. The number of rotatable bonds is 7. The molecule has 0 saturated carbocycles. The number of carboxylic acid groups (broad SMARTS) is 1. The van der Waals surface area contributed by atoms with Crippen LogP contribution in [0.3, 0.4) is 0 Å². The number of nitrogens with one attached hydrogen (secondary N) is 1. The first-order chi connectivity index (χ1) is 22.1. The molecule has 0 atom stereocenters. The van der Waals surface area contributed by atoms with Crippen molar-refractivity contribution in [3.8, 4) is 16.9 Å². The van der Waals surface area contributed by atoms with Crippen molar-refractivity contribution < 1.29 is 36.2 Å². The predicted molar refractivity (Wildman–Crippen MR) is 165 cm³/mol. The summed E-state index contributed by atoms with van der Waals surface area (Å²) in [4.78, 5) is 16.9. The Bertz CT molecular complexity index is 2000. The molecule has 6 rings (SSSR count). The van der Waals surface area contributed by atoms with Crippen molar-refractivity contribution in [3.63, 3.8) is 0 Å². The molecule has 0 saturated heterocycles. The lowest BCUT2D eigenvalue weighted by atomic mass is 9.96. The minimum atomic E-state index is -5.00.